The molecule has 2 nitrogen and oxygen atoms in total. The van der Waals surface area contributed by atoms with Crippen LogP contribution in [0.15, 0.2) is 12.1 Å². The van der Waals surface area contributed by atoms with E-state index in [1.807, 2.05) is 0 Å². The zero-order valence-electron chi connectivity index (χ0n) is 13.0. The summed E-state index contributed by atoms with van der Waals surface area (Å²) in [7, 11) is 4.27. The van der Waals surface area contributed by atoms with E-state index >= 15 is 0 Å². The van der Waals surface area contributed by atoms with Crippen LogP contribution in [0.5, 0.6) is 0 Å². The summed E-state index contributed by atoms with van der Waals surface area (Å²) in [4.78, 5) is 2.28. The molecular formula is C17H27NO. The van der Waals surface area contributed by atoms with Crippen molar-refractivity contribution in [2.24, 2.45) is 5.41 Å². The van der Waals surface area contributed by atoms with Gasteiger partial charge in [-0.25, -0.2) is 0 Å². The molecule has 1 N–H and O–H groups in total. The smallest absolute Gasteiger partial charge is 0.0505 e. The van der Waals surface area contributed by atoms with Gasteiger partial charge in [0.2, 0.25) is 0 Å². The number of aryl methyl sites for hydroxylation is 3. The molecule has 1 aliphatic rings. The van der Waals surface area contributed by atoms with Gasteiger partial charge in [0.1, 0.15) is 0 Å². The molecule has 0 aliphatic heterocycles. The predicted molar refractivity (Wildman–Crippen MR) is 80.5 cm³/mol. The molecule has 1 aromatic carbocycles. The fraction of sp³-hybridized carbons (Fsp3) is 0.647. The molecule has 0 heterocycles. The van der Waals surface area contributed by atoms with E-state index in [0.717, 1.165) is 12.8 Å². The molecule has 1 unspecified atom stereocenters. The summed E-state index contributed by atoms with van der Waals surface area (Å²) >= 11 is 0. The topological polar surface area (TPSA) is 23.5 Å². The number of aliphatic hydroxyl groups excluding tert-OH is 1. The van der Waals surface area contributed by atoms with Crippen LogP contribution in [0.1, 0.15) is 47.6 Å². The molecule has 1 aliphatic carbocycles. The van der Waals surface area contributed by atoms with Gasteiger partial charge in [-0.1, -0.05) is 18.6 Å². The lowest BCUT2D eigenvalue weighted by molar-refractivity contribution is -0.0311. The summed E-state index contributed by atoms with van der Waals surface area (Å²) in [6, 6.07) is 4.93. The highest BCUT2D eigenvalue weighted by atomic mass is 16.3. The highest BCUT2D eigenvalue weighted by molar-refractivity contribution is 5.39. The highest BCUT2D eigenvalue weighted by Crippen LogP contribution is 2.52. The van der Waals surface area contributed by atoms with E-state index in [4.69, 9.17) is 0 Å². The van der Waals surface area contributed by atoms with Gasteiger partial charge in [0.15, 0.2) is 0 Å². The second-order valence-corrected chi connectivity index (χ2v) is 6.53. The van der Waals surface area contributed by atoms with Crippen LogP contribution >= 0.6 is 0 Å². The van der Waals surface area contributed by atoms with Crippen molar-refractivity contribution < 1.29 is 5.11 Å². The standard InChI is InChI=1S/C17H27NO/c1-12-9-14(3)15(10-13(12)2)16(18(4)5)17(11-19)7-6-8-17/h9-10,16,19H,6-8,11H2,1-5H3. The van der Waals surface area contributed by atoms with Crippen molar-refractivity contribution in [3.63, 3.8) is 0 Å². The Morgan fingerprint density at radius 3 is 2.11 bits per heavy atom. The van der Waals surface area contributed by atoms with E-state index in [9.17, 15) is 5.11 Å². The minimum absolute atomic E-state index is 0.0654. The predicted octanol–water partition coefficient (Wildman–Crippen LogP) is 3.38. The Balaban J connectivity index is 2.48. The third kappa shape index (κ3) is 2.44. The van der Waals surface area contributed by atoms with Gasteiger partial charge in [-0.3, -0.25) is 0 Å². The number of hydrogen-bond donors (Lipinski definition) is 1. The van der Waals surface area contributed by atoms with Crippen LogP contribution in [0.2, 0.25) is 0 Å². The van der Waals surface area contributed by atoms with Crippen molar-refractivity contribution >= 4 is 0 Å². The van der Waals surface area contributed by atoms with Gasteiger partial charge < -0.3 is 10.0 Å². The molecule has 1 atom stereocenters. The maximum Gasteiger partial charge on any atom is 0.0505 e. The minimum Gasteiger partial charge on any atom is -0.396 e. The third-order valence-corrected chi connectivity index (χ3v) is 4.94. The van der Waals surface area contributed by atoms with E-state index in [-0.39, 0.29) is 5.41 Å². The number of aliphatic hydroxyl groups is 1. The molecule has 0 spiro atoms. The van der Waals surface area contributed by atoms with Crippen LogP contribution in [-0.4, -0.2) is 30.7 Å². The minimum atomic E-state index is 0.0654. The van der Waals surface area contributed by atoms with E-state index < -0.39 is 0 Å². The van der Waals surface area contributed by atoms with Crippen LogP contribution in [-0.2, 0) is 0 Å². The van der Waals surface area contributed by atoms with Crippen molar-refractivity contribution in [1.29, 1.82) is 0 Å². The SMILES string of the molecule is Cc1cc(C)c(C(N(C)C)C2(CO)CCC2)cc1C. The zero-order valence-corrected chi connectivity index (χ0v) is 13.0. The summed E-state index contributed by atoms with van der Waals surface area (Å²) in [6.45, 7) is 6.84. The van der Waals surface area contributed by atoms with Gasteiger partial charge >= 0.3 is 0 Å². The van der Waals surface area contributed by atoms with Crippen LogP contribution in [0.4, 0.5) is 0 Å². The average Bonchev–Trinajstić information content (AvgIpc) is 2.28. The summed E-state index contributed by atoms with van der Waals surface area (Å²) in [5, 5.41) is 9.91. The van der Waals surface area contributed by atoms with E-state index in [2.05, 4.69) is 51.9 Å². The van der Waals surface area contributed by atoms with Gasteiger partial charge in [-0.05, 0) is 70.0 Å². The average molecular weight is 261 g/mol. The molecule has 19 heavy (non-hydrogen) atoms. The van der Waals surface area contributed by atoms with Gasteiger partial charge in [0, 0.05) is 11.5 Å². The zero-order chi connectivity index (χ0) is 14.2. The number of benzene rings is 1. The van der Waals surface area contributed by atoms with Gasteiger partial charge in [0.05, 0.1) is 6.61 Å². The molecule has 1 saturated carbocycles. The first-order valence-corrected chi connectivity index (χ1v) is 7.26. The molecule has 2 heteroatoms. The number of rotatable bonds is 4. The van der Waals surface area contributed by atoms with Crippen molar-refractivity contribution in [2.75, 3.05) is 20.7 Å². The lowest BCUT2D eigenvalue weighted by Gasteiger charge is -2.50. The number of nitrogens with zero attached hydrogens (tertiary/aromatic N) is 1. The summed E-state index contributed by atoms with van der Waals surface area (Å²) in [5.74, 6) is 0. The molecule has 0 aromatic heterocycles. The molecule has 2 rings (SSSR count). The highest BCUT2D eigenvalue weighted by Gasteiger charge is 2.45. The first-order chi connectivity index (χ1) is 8.91. The Kier molecular flexibility index (Phi) is 4.03. The second kappa shape index (κ2) is 5.26. The first kappa shape index (κ1) is 14.5. The maximum absolute atomic E-state index is 9.91. The molecule has 1 fully saturated rings. The lowest BCUT2D eigenvalue weighted by Crippen LogP contribution is -2.45. The van der Waals surface area contributed by atoms with Crippen molar-refractivity contribution in [1.82, 2.24) is 4.90 Å². The molecule has 106 valence electrons. The normalized spacial score (nSPS) is 19.3. The molecule has 0 radical (unpaired) electrons. The second-order valence-electron chi connectivity index (χ2n) is 6.53. The maximum atomic E-state index is 9.91. The Morgan fingerprint density at radius 2 is 1.68 bits per heavy atom. The molecular weight excluding hydrogens is 234 g/mol. The fourth-order valence-corrected chi connectivity index (χ4v) is 3.58. The Labute approximate surface area is 117 Å². The summed E-state index contributed by atoms with van der Waals surface area (Å²) < 4.78 is 0. The quantitative estimate of drug-likeness (QED) is 0.898. The summed E-state index contributed by atoms with van der Waals surface area (Å²) in [5.41, 5.74) is 5.50. The van der Waals surface area contributed by atoms with Crippen LogP contribution in [0, 0.1) is 26.2 Å². The van der Waals surface area contributed by atoms with E-state index in [1.54, 1.807) is 0 Å². The monoisotopic (exact) mass is 261 g/mol. The molecule has 1 aromatic rings. The van der Waals surface area contributed by atoms with Crippen molar-refractivity contribution in [2.45, 2.75) is 46.1 Å². The van der Waals surface area contributed by atoms with Crippen LogP contribution < -0.4 is 0 Å². The van der Waals surface area contributed by atoms with Crippen LogP contribution in [0.3, 0.4) is 0 Å². The van der Waals surface area contributed by atoms with Gasteiger partial charge in [0.25, 0.3) is 0 Å². The van der Waals surface area contributed by atoms with Crippen LogP contribution in [0.25, 0.3) is 0 Å². The first-order valence-electron chi connectivity index (χ1n) is 7.26. The third-order valence-electron chi connectivity index (χ3n) is 4.94. The molecule has 0 bridgehead atoms. The number of hydrogen-bond acceptors (Lipinski definition) is 2. The Morgan fingerprint density at radius 1 is 1.11 bits per heavy atom. The van der Waals surface area contributed by atoms with E-state index in [1.165, 1.54) is 28.7 Å². The fourth-order valence-electron chi connectivity index (χ4n) is 3.58. The Bertz CT molecular complexity index is 455. The molecule has 0 amide bonds. The van der Waals surface area contributed by atoms with Gasteiger partial charge in [-0.2, -0.15) is 0 Å². The van der Waals surface area contributed by atoms with Crippen molar-refractivity contribution in [3.05, 3.63) is 34.4 Å². The van der Waals surface area contributed by atoms with Crippen molar-refractivity contribution in [3.8, 4) is 0 Å². The van der Waals surface area contributed by atoms with Gasteiger partial charge in [-0.15, -0.1) is 0 Å². The largest absolute Gasteiger partial charge is 0.396 e. The summed E-state index contributed by atoms with van der Waals surface area (Å²) in [6.07, 6.45) is 3.52. The van der Waals surface area contributed by atoms with E-state index in [0.29, 0.717) is 12.6 Å². The Hall–Kier alpha value is -0.860. The molecule has 0 saturated heterocycles. The lowest BCUT2D eigenvalue weighted by atomic mass is 9.62.